The maximum atomic E-state index is 12.4. The van der Waals surface area contributed by atoms with E-state index in [1.165, 1.54) is 30.2 Å². The van der Waals surface area contributed by atoms with Gasteiger partial charge in [-0.25, -0.2) is 0 Å². The number of nitro groups is 1. The maximum absolute atomic E-state index is 12.4. The van der Waals surface area contributed by atoms with Crippen LogP contribution in [0.1, 0.15) is 30.1 Å². The molecule has 22 heavy (non-hydrogen) atoms. The van der Waals surface area contributed by atoms with Crippen LogP contribution in [0, 0.1) is 10.1 Å². The fraction of sp³-hybridized carbons (Fsp3) is 0.533. The highest BCUT2D eigenvalue weighted by atomic mass is 16.6. The summed E-state index contributed by atoms with van der Waals surface area (Å²) in [7, 11) is 1.45. The number of rotatable bonds is 5. The molecular formula is C15H22N3O4+. The Morgan fingerprint density at radius 2 is 2.32 bits per heavy atom. The number of nitrogens with one attached hydrogen (secondary N) is 2. The van der Waals surface area contributed by atoms with Crippen LogP contribution in [0.15, 0.2) is 18.2 Å². The molecule has 120 valence electrons. The van der Waals surface area contributed by atoms with Gasteiger partial charge in [0, 0.05) is 12.1 Å². The Labute approximate surface area is 129 Å². The Balaban J connectivity index is 2.14. The Hall–Kier alpha value is -2.15. The van der Waals surface area contributed by atoms with Crippen molar-refractivity contribution < 1.29 is 19.4 Å². The van der Waals surface area contributed by atoms with E-state index in [1.807, 2.05) is 0 Å². The number of nitrogens with zero attached hydrogens (tertiary/aromatic N) is 1. The molecule has 1 aliphatic rings. The Bertz CT molecular complexity index is 562. The number of nitro benzene ring substituents is 1. The topological polar surface area (TPSA) is 85.9 Å². The number of carbonyl (C=O) groups excluding carboxylic acids is 1. The Kier molecular flexibility index (Phi) is 5.32. The summed E-state index contributed by atoms with van der Waals surface area (Å²) in [6.07, 6.45) is 2.01. The Morgan fingerprint density at radius 1 is 1.55 bits per heavy atom. The highest BCUT2D eigenvalue weighted by Gasteiger charge is 2.25. The van der Waals surface area contributed by atoms with Crippen molar-refractivity contribution in [2.24, 2.45) is 0 Å². The van der Waals surface area contributed by atoms with Gasteiger partial charge in [0.2, 0.25) is 0 Å². The van der Waals surface area contributed by atoms with Crippen LogP contribution in [0.5, 0.6) is 5.75 Å². The number of piperidine rings is 1. The van der Waals surface area contributed by atoms with Crippen LogP contribution in [0.25, 0.3) is 0 Å². The quantitative estimate of drug-likeness (QED) is 0.609. The van der Waals surface area contributed by atoms with E-state index in [1.54, 1.807) is 0 Å². The van der Waals surface area contributed by atoms with Gasteiger partial charge in [-0.2, -0.15) is 0 Å². The second-order valence-electron chi connectivity index (χ2n) is 5.51. The van der Waals surface area contributed by atoms with Crippen molar-refractivity contribution in [2.75, 3.05) is 26.7 Å². The molecular weight excluding hydrogens is 286 g/mol. The number of likely N-dealkylation sites (N-methyl/N-ethyl adjacent to an activating group) is 1. The summed E-state index contributed by atoms with van der Waals surface area (Å²) in [5, 5.41) is 13.9. The van der Waals surface area contributed by atoms with E-state index in [2.05, 4.69) is 12.2 Å². The standard InChI is InChI=1S/C15H21N3O4/c1-3-17-8-4-5-11(10-17)16-15(19)13-9-12(18(20)21)6-7-14(13)22-2/h6-7,9,11H,3-5,8,10H2,1-2H3,(H,16,19)/p+1/t11-/m1/s1. The summed E-state index contributed by atoms with van der Waals surface area (Å²) in [4.78, 5) is 24.3. The van der Waals surface area contributed by atoms with Crippen molar-refractivity contribution in [3.8, 4) is 5.75 Å². The van der Waals surface area contributed by atoms with Gasteiger partial charge in [0.05, 0.1) is 43.3 Å². The van der Waals surface area contributed by atoms with E-state index in [0.717, 1.165) is 32.5 Å². The fourth-order valence-corrected chi connectivity index (χ4v) is 2.85. The third-order valence-electron chi connectivity index (χ3n) is 4.09. The number of quaternary nitrogens is 1. The second kappa shape index (κ2) is 7.22. The van der Waals surface area contributed by atoms with Crippen LogP contribution in [0.2, 0.25) is 0 Å². The highest BCUT2D eigenvalue weighted by Crippen LogP contribution is 2.24. The number of hydrogen-bond donors (Lipinski definition) is 2. The molecule has 0 saturated carbocycles. The van der Waals surface area contributed by atoms with Gasteiger partial charge in [-0.05, 0) is 25.8 Å². The van der Waals surface area contributed by atoms with E-state index < -0.39 is 4.92 Å². The predicted molar refractivity (Wildman–Crippen MR) is 81.4 cm³/mol. The van der Waals surface area contributed by atoms with Gasteiger partial charge in [0.15, 0.2) is 0 Å². The van der Waals surface area contributed by atoms with Crippen LogP contribution in [0.4, 0.5) is 5.69 Å². The van der Waals surface area contributed by atoms with Gasteiger partial charge in [0.1, 0.15) is 5.75 Å². The zero-order chi connectivity index (χ0) is 16.1. The lowest BCUT2D eigenvalue weighted by Gasteiger charge is -2.29. The van der Waals surface area contributed by atoms with Crippen molar-refractivity contribution in [1.82, 2.24) is 5.32 Å². The first-order valence-electron chi connectivity index (χ1n) is 7.52. The molecule has 1 unspecified atom stereocenters. The van der Waals surface area contributed by atoms with Crippen molar-refractivity contribution in [2.45, 2.75) is 25.8 Å². The first kappa shape index (κ1) is 16.2. The summed E-state index contributed by atoms with van der Waals surface area (Å²) < 4.78 is 5.14. The molecule has 2 N–H and O–H groups in total. The lowest BCUT2D eigenvalue weighted by atomic mass is 10.0. The van der Waals surface area contributed by atoms with Gasteiger partial charge >= 0.3 is 0 Å². The highest BCUT2D eigenvalue weighted by molar-refractivity contribution is 5.97. The van der Waals surface area contributed by atoms with Gasteiger partial charge < -0.3 is 15.0 Å². The van der Waals surface area contributed by atoms with Gasteiger partial charge in [0.25, 0.3) is 11.6 Å². The van der Waals surface area contributed by atoms with Gasteiger partial charge in [-0.1, -0.05) is 0 Å². The molecule has 0 radical (unpaired) electrons. The molecule has 1 heterocycles. The summed E-state index contributed by atoms with van der Waals surface area (Å²) in [6.45, 7) is 5.18. The molecule has 0 aliphatic carbocycles. The van der Waals surface area contributed by atoms with E-state index in [-0.39, 0.29) is 23.2 Å². The zero-order valence-corrected chi connectivity index (χ0v) is 12.9. The van der Waals surface area contributed by atoms with Crippen LogP contribution in [-0.2, 0) is 0 Å². The number of carbonyl (C=O) groups is 1. The molecule has 0 bridgehead atoms. The van der Waals surface area contributed by atoms with E-state index in [0.29, 0.717) is 5.75 Å². The summed E-state index contributed by atoms with van der Waals surface area (Å²) in [5.41, 5.74) is 0.0933. The zero-order valence-electron chi connectivity index (χ0n) is 12.9. The molecule has 7 heteroatoms. The number of hydrogen-bond acceptors (Lipinski definition) is 4. The average Bonchev–Trinajstić information content (AvgIpc) is 2.54. The maximum Gasteiger partial charge on any atom is 0.270 e. The lowest BCUT2D eigenvalue weighted by molar-refractivity contribution is -0.904. The Morgan fingerprint density at radius 3 is 2.95 bits per heavy atom. The third kappa shape index (κ3) is 3.73. The van der Waals surface area contributed by atoms with Crippen molar-refractivity contribution >= 4 is 11.6 Å². The normalized spacial score (nSPS) is 21.2. The predicted octanol–water partition coefficient (Wildman–Crippen LogP) is 0.400. The van der Waals surface area contributed by atoms with Crippen LogP contribution in [-0.4, -0.2) is 43.6 Å². The van der Waals surface area contributed by atoms with Gasteiger partial charge in [-0.3, -0.25) is 14.9 Å². The summed E-state index contributed by atoms with van der Waals surface area (Å²) in [6, 6.07) is 4.15. The summed E-state index contributed by atoms with van der Waals surface area (Å²) >= 11 is 0. The minimum Gasteiger partial charge on any atom is -0.496 e. The number of likely N-dealkylation sites (tertiary alicyclic amines) is 1. The minimum absolute atomic E-state index is 0.0974. The van der Waals surface area contributed by atoms with Crippen molar-refractivity contribution in [3.05, 3.63) is 33.9 Å². The first-order valence-corrected chi connectivity index (χ1v) is 7.52. The second-order valence-corrected chi connectivity index (χ2v) is 5.51. The molecule has 1 aromatic rings. The number of methoxy groups -OCH3 is 1. The minimum atomic E-state index is -0.514. The van der Waals surface area contributed by atoms with Crippen LogP contribution >= 0.6 is 0 Å². The number of benzene rings is 1. The first-order chi connectivity index (χ1) is 10.5. The largest absolute Gasteiger partial charge is 0.496 e. The van der Waals surface area contributed by atoms with Crippen LogP contribution < -0.4 is 15.0 Å². The number of ether oxygens (including phenoxy) is 1. The number of non-ortho nitro benzene ring substituents is 1. The van der Waals surface area contributed by atoms with E-state index in [9.17, 15) is 14.9 Å². The average molecular weight is 308 g/mol. The van der Waals surface area contributed by atoms with E-state index >= 15 is 0 Å². The molecule has 2 rings (SSSR count). The molecule has 1 amide bonds. The lowest BCUT2D eigenvalue weighted by Crippen LogP contribution is -3.14. The molecule has 1 aliphatic heterocycles. The van der Waals surface area contributed by atoms with Crippen molar-refractivity contribution in [1.29, 1.82) is 0 Å². The molecule has 0 aromatic heterocycles. The fourth-order valence-electron chi connectivity index (χ4n) is 2.85. The smallest absolute Gasteiger partial charge is 0.270 e. The molecule has 0 spiro atoms. The van der Waals surface area contributed by atoms with Gasteiger partial charge in [-0.15, -0.1) is 0 Å². The van der Waals surface area contributed by atoms with Crippen LogP contribution in [0.3, 0.4) is 0 Å². The monoisotopic (exact) mass is 308 g/mol. The molecule has 7 nitrogen and oxygen atoms in total. The molecule has 1 fully saturated rings. The summed E-state index contributed by atoms with van der Waals surface area (Å²) in [5.74, 6) is 0.0292. The SMILES string of the molecule is CC[NH+]1CCC[C@@H](NC(=O)c2cc([N+](=O)[O-])ccc2OC)C1. The molecule has 1 aromatic carbocycles. The third-order valence-corrected chi connectivity index (χ3v) is 4.09. The molecule has 1 saturated heterocycles. The van der Waals surface area contributed by atoms with E-state index in [4.69, 9.17) is 4.74 Å². The van der Waals surface area contributed by atoms with Crippen molar-refractivity contribution in [3.63, 3.8) is 0 Å². The molecule has 2 atom stereocenters. The number of amides is 1.